The number of nitrogens with two attached hydrogens (primary N) is 1. The van der Waals surface area contributed by atoms with E-state index in [0.717, 1.165) is 124 Å². The van der Waals surface area contributed by atoms with Gasteiger partial charge in [0.2, 0.25) is 10.0 Å². The summed E-state index contributed by atoms with van der Waals surface area (Å²) >= 11 is 0. The number of sulfonamides is 1. The van der Waals surface area contributed by atoms with Crippen molar-refractivity contribution in [1.29, 1.82) is 0 Å². The molecule has 8 aromatic carbocycles. The van der Waals surface area contributed by atoms with Gasteiger partial charge in [0.1, 0.15) is 21.2 Å². The molecular weight excluding hydrogens is 1940 g/mol. The van der Waals surface area contributed by atoms with E-state index < -0.39 is 128 Å². The van der Waals surface area contributed by atoms with Gasteiger partial charge in [-0.15, -0.1) is 0 Å². The zero-order valence-electron chi connectivity index (χ0n) is 75.3. The minimum atomic E-state index is -4.97. The monoisotopic (exact) mass is 2010 g/mol. The van der Waals surface area contributed by atoms with Crippen LogP contribution in [0.4, 0.5) is 75.4 Å². The largest absolute Gasteiger partial charge is 0.416 e. The maximum Gasteiger partial charge on any atom is 0.416 e. The number of hydrogen-bond donors (Lipinski definition) is 2. The molecular formula is C95H71F12N21O13S2. The van der Waals surface area contributed by atoms with E-state index in [-0.39, 0.29) is 115 Å². The van der Waals surface area contributed by atoms with Crippen LogP contribution in [0.1, 0.15) is 65.8 Å². The SMILES string of the molecule is [C-]#[N+]c1ccc(-n2ncc(S(=O)(=O)O)c2-c2c(CC)n(-c3cccc(C(F)(F)F)c3)c(=O)n(C)c2=O)cc1.[C-]#[N+]c1ccc(-n2ncc(S(N)(=O)=O)c2-c2c(CC)n(-c3cccc(C(F)(F)F)c3)c(=O)n(C)c2=O)cc1.[C-]#[N+]c1ccc(-n2nccc2-c2c(C)n(-c3cccc(C(F)(F)F)c3)c(=O)n(C)c2=O)cc1.[C-]#[N+]c1ccc(-n2nccc2-c2c(CC)n(-c3cccc(C(F)(F)F)c3)c(=O)n(C)c2=O)cc1. The lowest BCUT2D eigenvalue weighted by Gasteiger charge is -2.19. The maximum atomic E-state index is 13.5. The summed E-state index contributed by atoms with van der Waals surface area (Å²) in [6.07, 6.45) is -13.9. The lowest BCUT2D eigenvalue weighted by atomic mass is 10.1. The maximum absolute atomic E-state index is 13.5. The normalized spacial score (nSPS) is 11.7. The Morgan fingerprint density at radius 2 is 0.587 bits per heavy atom. The molecule has 0 aliphatic heterocycles. The number of benzene rings is 8. The Morgan fingerprint density at radius 1 is 0.336 bits per heavy atom. The molecule has 0 amide bonds. The topological polar surface area (TPSA) is 379 Å². The predicted molar refractivity (Wildman–Crippen MR) is 498 cm³/mol. The molecule has 3 N–H and O–H groups in total. The molecule has 8 heterocycles. The first-order valence-corrected chi connectivity index (χ1v) is 44.6. The summed E-state index contributed by atoms with van der Waals surface area (Å²) in [5, 5.41) is 22.1. The summed E-state index contributed by atoms with van der Waals surface area (Å²) in [6, 6.07) is 44.4. The fourth-order valence-corrected chi connectivity index (χ4v) is 16.8. The number of rotatable bonds is 17. The van der Waals surface area contributed by atoms with Gasteiger partial charge in [-0.1, -0.05) is 93.6 Å². The van der Waals surface area contributed by atoms with E-state index in [1.54, 1.807) is 74.5 Å². The van der Waals surface area contributed by atoms with Crippen molar-refractivity contribution in [2.24, 2.45) is 33.3 Å². The summed E-state index contributed by atoms with van der Waals surface area (Å²) in [4.78, 5) is 118. The number of alkyl halides is 12. The lowest BCUT2D eigenvalue weighted by molar-refractivity contribution is -0.138. The third kappa shape index (κ3) is 20.3. The van der Waals surface area contributed by atoms with E-state index in [4.69, 9.17) is 31.4 Å². The lowest BCUT2D eigenvalue weighted by Crippen LogP contribution is -2.40. The highest BCUT2D eigenvalue weighted by atomic mass is 32.2. The molecule has 0 saturated carbocycles. The summed E-state index contributed by atoms with van der Waals surface area (Å²) in [7, 11) is -4.67. The van der Waals surface area contributed by atoms with Gasteiger partial charge < -0.3 is 0 Å². The molecule has 730 valence electrons. The van der Waals surface area contributed by atoms with E-state index in [1.165, 1.54) is 135 Å². The van der Waals surface area contributed by atoms with Crippen molar-refractivity contribution in [3.8, 4) is 90.5 Å². The van der Waals surface area contributed by atoms with Gasteiger partial charge in [-0.25, -0.2) is 70.8 Å². The van der Waals surface area contributed by atoms with Crippen molar-refractivity contribution >= 4 is 42.9 Å². The molecule has 0 aliphatic rings. The third-order valence-corrected chi connectivity index (χ3v) is 24.1. The molecule has 0 atom stereocenters. The molecule has 16 aromatic rings. The molecule has 0 unspecified atom stereocenters. The van der Waals surface area contributed by atoms with E-state index >= 15 is 0 Å². The molecule has 0 spiro atoms. The van der Waals surface area contributed by atoms with Gasteiger partial charge in [0.05, 0.1) is 152 Å². The van der Waals surface area contributed by atoms with Gasteiger partial charge in [-0.2, -0.15) is 81.5 Å². The Hall–Kier alpha value is -17.7. The van der Waals surface area contributed by atoms with E-state index in [0.29, 0.717) is 43.3 Å². The van der Waals surface area contributed by atoms with Crippen LogP contribution in [-0.4, -0.2) is 97.0 Å². The van der Waals surface area contributed by atoms with Gasteiger partial charge in [-0.05, 0) is 160 Å². The second kappa shape index (κ2) is 40.0. The molecule has 34 nitrogen and oxygen atoms in total. The molecule has 48 heteroatoms. The smallest absolute Gasteiger partial charge is 0.282 e. The zero-order chi connectivity index (χ0) is 105. The van der Waals surface area contributed by atoms with Crippen LogP contribution in [0.15, 0.2) is 279 Å². The third-order valence-electron chi connectivity index (χ3n) is 22.3. The number of aromatic nitrogens is 16. The highest BCUT2D eigenvalue weighted by Gasteiger charge is 2.38. The van der Waals surface area contributed by atoms with Crippen LogP contribution >= 0.6 is 0 Å². The fraction of sp³-hybridized carbons (Fsp3) is 0.158. The van der Waals surface area contributed by atoms with Crippen LogP contribution in [0.2, 0.25) is 0 Å². The van der Waals surface area contributed by atoms with E-state index in [1.807, 2.05) is 0 Å². The van der Waals surface area contributed by atoms with Crippen molar-refractivity contribution in [3.63, 3.8) is 0 Å². The minimum absolute atomic E-state index is 0.000926. The first kappa shape index (κ1) is 103. The van der Waals surface area contributed by atoms with Gasteiger partial charge in [0, 0.05) is 51.0 Å². The van der Waals surface area contributed by atoms with Crippen molar-refractivity contribution in [1.82, 2.24) is 75.7 Å². The molecule has 143 heavy (non-hydrogen) atoms. The van der Waals surface area contributed by atoms with Gasteiger partial charge >= 0.3 is 47.5 Å². The molecule has 8 aromatic heterocycles. The average Bonchev–Trinajstić information content (AvgIpc) is 1.65. The fourth-order valence-electron chi connectivity index (χ4n) is 15.5. The van der Waals surface area contributed by atoms with Crippen LogP contribution in [0.5, 0.6) is 0 Å². The zero-order valence-corrected chi connectivity index (χ0v) is 76.9. The summed E-state index contributed by atoms with van der Waals surface area (Å²) in [6.45, 7) is 34.7. The Labute approximate surface area is 799 Å². The van der Waals surface area contributed by atoms with Crippen LogP contribution < -0.4 is 50.1 Å². The number of primary sulfonamides is 1. The van der Waals surface area contributed by atoms with Crippen molar-refractivity contribution in [3.05, 3.63) is 405 Å². The van der Waals surface area contributed by atoms with E-state index in [9.17, 15) is 112 Å². The summed E-state index contributed by atoms with van der Waals surface area (Å²) < 4.78 is 232. The minimum Gasteiger partial charge on any atom is -0.282 e. The second-order valence-corrected chi connectivity index (χ2v) is 33.9. The van der Waals surface area contributed by atoms with Gasteiger partial charge in [-0.3, -0.25) is 60.3 Å². The van der Waals surface area contributed by atoms with Crippen molar-refractivity contribution in [2.45, 2.75) is 81.5 Å². The quantitative estimate of drug-likeness (QED) is 0.0486. The molecule has 16 rings (SSSR count). The average molecular weight is 2010 g/mol. The molecule has 0 fully saturated rings. The Morgan fingerprint density at radius 3 is 0.867 bits per heavy atom. The number of nitrogens with zero attached hydrogens (tertiary/aromatic N) is 20. The van der Waals surface area contributed by atoms with Gasteiger partial charge in [0.15, 0.2) is 22.7 Å². The Kier molecular flexibility index (Phi) is 28.7. The molecule has 0 radical (unpaired) electrons. The summed E-state index contributed by atoms with van der Waals surface area (Å²) in [5.41, 5.74) is -7.81. The Bertz CT molecular complexity index is 8460. The molecule has 0 aliphatic carbocycles. The number of hydrogen-bond acceptors (Lipinski definition) is 16. The van der Waals surface area contributed by atoms with Crippen molar-refractivity contribution < 1.29 is 74.1 Å². The highest BCUT2D eigenvalue weighted by molar-refractivity contribution is 7.89. The first-order valence-electron chi connectivity index (χ1n) is 41.6. The Balaban J connectivity index is 0.000000160. The molecule has 0 bridgehead atoms. The molecule has 0 saturated heterocycles. The van der Waals surface area contributed by atoms with Gasteiger partial charge in [0.25, 0.3) is 32.4 Å². The van der Waals surface area contributed by atoms with Crippen LogP contribution in [0.25, 0.3) is 110 Å². The van der Waals surface area contributed by atoms with Crippen LogP contribution in [0.3, 0.4) is 0 Å². The standard InChI is InChI=1S/C24H19F3N6O4S.C24H18F3N5O5S.C24H18F3N5O2.C23H16F3N5O2/c1-4-18-20(21-19(38(28,36)37)13-30-33(21)16-10-8-15(29-2)9-11-16)22(34)31(3)23(35)32(18)17-7-5-6-14(12-17)24(25,26)27;1-4-18-20(21-19(38(35,36)37)13-29-32(21)16-10-8-15(28-2)9-11-16)22(33)30(3)23(34)31(18)17-7-5-6-14(12-17)24(25,26)27;1-4-19-21(20-12-13-29-32(20)17-10-8-16(28-2)9-11-17)22(33)30(3)23(34)31(19)18-7-5-6-15(14-18)24(25,26)27;1-14-20(19-11-12-28-31(19)17-9-7-16(27-2)8-10-17)21(32)29(3)22(33)30(14)18-6-4-5-15(13-18)23(24,25)26/h5-13H,4H2,1,3H3,(H2,28,36,37);5-13H,4H2,1,3H3,(H,35,36,37);5-14H,4H2,1,3H3;4-13H,1,3H3. The number of halogens is 12. The van der Waals surface area contributed by atoms with Crippen LogP contribution in [-0.2, 0) is 92.3 Å². The van der Waals surface area contributed by atoms with Crippen molar-refractivity contribution in [2.75, 3.05) is 0 Å². The summed E-state index contributed by atoms with van der Waals surface area (Å²) in [5.74, 6) is 0. The second-order valence-electron chi connectivity index (χ2n) is 30.9. The highest BCUT2D eigenvalue weighted by Crippen LogP contribution is 2.40. The first-order chi connectivity index (χ1) is 67.4. The van der Waals surface area contributed by atoms with E-state index in [2.05, 4.69) is 39.8 Å². The predicted octanol–water partition coefficient (Wildman–Crippen LogP) is 15.7. The van der Waals surface area contributed by atoms with Crippen LogP contribution in [0, 0.1) is 33.2 Å².